The molecule has 0 amide bonds. The first-order chi connectivity index (χ1) is 8.61. The number of rotatable bonds is 3. The Morgan fingerprint density at radius 2 is 1.83 bits per heavy atom. The van der Waals surface area contributed by atoms with Gasteiger partial charge in [-0.05, 0) is 41.5 Å². The smallest absolute Gasteiger partial charge is 0.123 e. The van der Waals surface area contributed by atoms with Crippen LogP contribution in [0.4, 0.5) is 4.39 Å². The maximum absolute atomic E-state index is 13.3. The van der Waals surface area contributed by atoms with Crippen molar-refractivity contribution in [1.82, 2.24) is 5.43 Å². The van der Waals surface area contributed by atoms with Crippen LogP contribution < -0.4 is 11.3 Å². The summed E-state index contributed by atoms with van der Waals surface area (Å²) in [5, 5.41) is 0.646. The van der Waals surface area contributed by atoms with Crippen LogP contribution >= 0.6 is 27.5 Å². The van der Waals surface area contributed by atoms with Gasteiger partial charge in [-0.1, -0.05) is 39.7 Å². The summed E-state index contributed by atoms with van der Waals surface area (Å²) in [6.45, 7) is 0. The highest BCUT2D eigenvalue weighted by Gasteiger charge is 2.16. The number of nitrogens with one attached hydrogen (secondary N) is 1. The van der Waals surface area contributed by atoms with E-state index in [0.717, 1.165) is 15.6 Å². The van der Waals surface area contributed by atoms with Gasteiger partial charge in [-0.3, -0.25) is 5.84 Å². The van der Waals surface area contributed by atoms with E-state index in [9.17, 15) is 4.39 Å². The maximum Gasteiger partial charge on any atom is 0.123 e. The number of nitrogens with two attached hydrogens (primary N) is 1. The highest BCUT2D eigenvalue weighted by molar-refractivity contribution is 9.10. The molecule has 94 valence electrons. The second kappa shape index (κ2) is 5.80. The summed E-state index contributed by atoms with van der Waals surface area (Å²) in [7, 11) is 0. The van der Waals surface area contributed by atoms with E-state index in [1.807, 2.05) is 12.1 Å². The van der Waals surface area contributed by atoms with Crippen molar-refractivity contribution in [1.29, 1.82) is 0 Å². The maximum atomic E-state index is 13.3. The second-order valence-electron chi connectivity index (χ2n) is 3.82. The Morgan fingerprint density at radius 3 is 2.44 bits per heavy atom. The monoisotopic (exact) mass is 328 g/mol. The predicted octanol–water partition coefficient (Wildman–Crippen LogP) is 3.79. The summed E-state index contributed by atoms with van der Waals surface area (Å²) in [4.78, 5) is 0. The van der Waals surface area contributed by atoms with E-state index < -0.39 is 0 Å². The lowest BCUT2D eigenvalue weighted by molar-refractivity contribution is 0.603. The first kappa shape index (κ1) is 13.5. The molecule has 0 aromatic heterocycles. The Balaban J connectivity index is 2.44. The summed E-state index contributed by atoms with van der Waals surface area (Å²) in [5.41, 5.74) is 4.33. The molecule has 2 rings (SSSR count). The summed E-state index contributed by atoms with van der Waals surface area (Å²) < 4.78 is 14.1. The van der Waals surface area contributed by atoms with E-state index in [1.165, 1.54) is 12.1 Å². The molecule has 0 heterocycles. The van der Waals surface area contributed by atoms with Crippen LogP contribution in [0, 0.1) is 5.82 Å². The summed E-state index contributed by atoms with van der Waals surface area (Å²) in [6.07, 6.45) is 0. The van der Waals surface area contributed by atoms with Gasteiger partial charge in [0.25, 0.3) is 0 Å². The van der Waals surface area contributed by atoms with Gasteiger partial charge in [0, 0.05) is 9.50 Å². The fraction of sp³-hybridized carbons (Fsp3) is 0.0769. The van der Waals surface area contributed by atoms with Crippen LogP contribution in [0.25, 0.3) is 0 Å². The predicted molar refractivity (Wildman–Crippen MR) is 74.7 cm³/mol. The highest BCUT2D eigenvalue weighted by Crippen LogP contribution is 2.29. The lowest BCUT2D eigenvalue weighted by Gasteiger charge is -2.18. The average molecular weight is 330 g/mol. The molecule has 1 unspecified atom stereocenters. The van der Waals surface area contributed by atoms with Gasteiger partial charge in [0.1, 0.15) is 5.82 Å². The second-order valence-corrected chi connectivity index (χ2v) is 5.11. The summed E-state index contributed by atoms with van der Waals surface area (Å²) in [6, 6.07) is 11.4. The molecular formula is C13H11BrClFN2. The summed E-state index contributed by atoms with van der Waals surface area (Å²) in [5.74, 6) is 5.26. The van der Waals surface area contributed by atoms with Crippen LogP contribution in [0.15, 0.2) is 46.9 Å². The van der Waals surface area contributed by atoms with Crippen molar-refractivity contribution < 1.29 is 4.39 Å². The van der Waals surface area contributed by atoms with Gasteiger partial charge in [0.2, 0.25) is 0 Å². The minimum absolute atomic E-state index is 0.299. The van der Waals surface area contributed by atoms with Gasteiger partial charge in [0.05, 0.1) is 6.04 Å². The molecule has 0 aliphatic rings. The van der Waals surface area contributed by atoms with E-state index in [4.69, 9.17) is 17.4 Å². The van der Waals surface area contributed by atoms with E-state index in [1.54, 1.807) is 18.2 Å². The van der Waals surface area contributed by atoms with Crippen LogP contribution in [0.5, 0.6) is 0 Å². The van der Waals surface area contributed by atoms with Gasteiger partial charge in [-0.25, -0.2) is 9.82 Å². The van der Waals surface area contributed by atoms with Crippen LogP contribution in [0.3, 0.4) is 0 Å². The van der Waals surface area contributed by atoms with Crippen LogP contribution in [-0.4, -0.2) is 0 Å². The molecule has 0 saturated carbocycles. The molecule has 0 bridgehead atoms. The Labute approximate surface area is 118 Å². The first-order valence-corrected chi connectivity index (χ1v) is 6.45. The third-order valence-corrected chi connectivity index (χ3v) is 3.61. The highest BCUT2D eigenvalue weighted by atomic mass is 79.9. The number of hydrogen-bond acceptors (Lipinski definition) is 2. The minimum Gasteiger partial charge on any atom is -0.271 e. The van der Waals surface area contributed by atoms with E-state index in [0.29, 0.717) is 5.02 Å². The Bertz CT molecular complexity index is 545. The van der Waals surface area contributed by atoms with Crippen molar-refractivity contribution in [3.63, 3.8) is 0 Å². The van der Waals surface area contributed by atoms with Gasteiger partial charge in [-0.2, -0.15) is 0 Å². The van der Waals surface area contributed by atoms with E-state index in [2.05, 4.69) is 21.4 Å². The minimum atomic E-state index is -0.303. The molecule has 0 spiro atoms. The first-order valence-electron chi connectivity index (χ1n) is 5.28. The fourth-order valence-corrected chi connectivity index (χ4v) is 2.36. The topological polar surface area (TPSA) is 38.0 Å². The van der Waals surface area contributed by atoms with Crippen molar-refractivity contribution in [2.24, 2.45) is 5.84 Å². The Hall–Kier alpha value is -0.940. The SMILES string of the molecule is NNC(c1ccc(Cl)cc1)c1cc(F)ccc1Br. The van der Waals surface area contributed by atoms with E-state index in [-0.39, 0.29) is 11.9 Å². The zero-order valence-corrected chi connectivity index (χ0v) is 11.7. The van der Waals surface area contributed by atoms with Crippen LogP contribution in [0.2, 0.25) is 5.02 Å². The van der Waals surface area contributed by atoms with Gasteiger partial charge in [-0.15, -0.1) is 0 Å². The molecule has 1 atom stereocenters. The molecule has 2 aromatic carbocycles. The molecule has 0 saturated heterocycles. The van der Waals surface area contributed by atoms with Crippen LogP contribution in [0.1, 0.15) is 17.2 Å². The van der Waals surface area contributed by atoms with Gasteiger partial charge >= 0.3 is 0 Å². The van der Waals surface area contributed by atoms with Crippen molar-refractivity contribution in [3.8, 4) is 0 Å². The molecule has 0 aliphatic heterocycles. The zero-order valence-electron chi connectivity index (χ0n) is 9.33. The lowest BCUT2D eigenvalue weighted by atomic mass is 9.99. The molecule has 2 nitrogen and oxygen atoms in total. The number of benzene rings is 2. The van der Waals surface area contributed by atoms with Crippen LogP contribution in [-0.2, 0) is 0 Å². The van der Waals surface area contributed by atoms with Gasteiger partial charge in [0.15, 0.2) is 0 Å². The molecule has 0 radical (unpaired) electrons. The van der Waals surface area contributed by atoms with E-state index >= 15 is 0 Å². The quantitative estimate of drug-likeness (QED) is 0.664. The lowest BCUT2D eigenvalue weighted by Crippen LogP contribution is -2.29. The normalized spacial score (nSPS) is 12.4. The number of hydrogen-bond donors (Lipinski definition) is 2. The molecule has 2 aromatic rings. The molecule has 0 fully saturated rings. The third-order valence-electron chi connectivity index (χ3n) is 2.64. The Kier molecular flexibility index (Phi) is 4.35. The molecular weight excluding hydrogens is 319 g/mol. The standard InChI is InChI=1S/C13H11BrClFN2/c14-12-6-5-10(16)7-11(12)13(18-17)8-1-3-9(15)4-2-8/h1-7,13,18H,17H2. The number of halogens is 3. The van der Waals surface area contributed by atoms with Crippen molar-refractivity contribution in [2.45, 2.75) is 6.04 Å². The van der Waals surface area contributed by atoms with Crippen molar-refractivity contribution in [2.75, 3.05) is 0 Å². The van der Waals surface area contributed by atoms with Crippen molar-refractivity contribution in [3.05, 3.63) is 68.9 Å². The average Bonchev–Trinajstić information content (AvgIpc) is 2.37. The molecule has 5 heteroatoms. The zero-order chi connectivity index (χ0) is 13.1. The summed E-state index contributed by atoms with van der Waals surface area (Å²) >= 11 is 9.24. The molecule has 0 aliphatic carbocycles. The van der Waals surface area contributed by atoms with Gasteiger partial charge < -0.3 is 0 Å². The molecule has 18 heavy (non-hydrogen) atoms. The third kappa shape index (κ3) is 2.90. The largest absolute Gasteiger partial charge is 0.271 e. The fourth-order valence-electron chi connectivity index (χ4n) is 1.76. The molecule has 3 N–H and O–H groups in total. The Morgan fingerprint density at radius 1 is 1.17 bits per heavy atom. The van der Waals surface area contributed by atoms with Crippen molar-refractivity contribution >= 4 is 27.5 Å². The number of hydrazine groups is 1.